The van der Waals surface area contributed by atoms with E-state index >= 15 is 0 Å². The zero-order chi connectivity index (χ0) is 23.5. The molecule has 0 atom stereocenters. The van der Waals surface area contributed by atoms with Gasteiger partial charge in [-0.1, -0.05) is 17.9 Å². The number of nitrogens with zero attached hydrogens (tertiary/aromatic N) is 1. The van der Waals surface area contributed by atoms with E-state index in [9.17, 15) is 9.90 Å². The van der Waals surface area contributed by atoms with Crippen molar-refractivity contribution in [2.24, 2.45) is 0 Å². The van der Waals surface area contributed by atoms with Crippen LogP contribution in [0.3, 0.4) is 0 Å². The lowest BCUT2D eigenvalue weighted by molar-refractivity contribution is -0.918. The van der Waals surface area contributed by atoms with Gasteiger partial charge in [0.1, 0.15) is 12.3 Å². The molecule has 2 aliphatic rings. The highest BCUT2D eigenvalue weighted by Crippen LogP contribution is 2.41. The topological polar surface area (TPSA) is 95.7 Å². The number of fused-ring (bicyclic) bond motifs is 1. The minimum absolute atomic E-state index is 0.100. The Labute approximate surface area is 193 Å². The number of aliphatic hydroxyl groups excluding tert-OH is 1. The molecule has 33 heavy (non-hydrogen) atoms. The first-order valence-electron chi connectivity index (χ1n) is 11.1. The highest BCUT2D eigenvalue weighted by molar-refractivity contribution is 6.15. The number of ketones is 1. The number of Topliss-reactive ketones (excluding diaryl/α,β-unsaturated/α-hetero) is 1. The average molecular weight is 455 g/mol. The van der Waals surface area contributed by atoms with Gasteiger partial charge in [0.15, 0.2) is 17.3 Å². The number of piperazine rings is 1. The van der Waals surface area contributed by atoms with Gasteiger partial charge in [-0.15, -0.1) is 0 Å². The molecule has 0 amide bonds. The zero-order valence-electron chi connectivity index (χ0n) is 19.3. The van der Waals surface area contributed by atoms with E-state index in [-0.39, 0.29) is 23.9 Å². The van der Waals surface area contributed by atoms with Crippen molar-refractivity contribution >= 4 is 11.9 Å². The Morgan fingerprint density at radius 1 is 1.18 bits per heavy atom. The van der Waals surface area contributed by atoms with Crippen molar-refractivity contribution in [1.29, 1.82) is 0 Å². The molecule has 0 aromatic heterocycles. The van der Waals surface area contributed by atoms with E-state index in [1.54, 1.807) is 39.4 Å². The molecule has 0 aliphatic carbocycles. The van der Waals surface area contributed by atoms with E-state index in [4.69, 9.17) is 19.3 Å². The second kappa shape index (κ2) is 9.82. The molecule has 2 N–H and O–H groups in total. The zero-order valence-corrected chi connectivity index (χ0v) is 19.3. The summed E-state index contributed by atoms with van der Waals surface area (Å²) in [5, 5.41) is 22.0. The van der Waals surface area contributed by atoms with Crippen molar-refractivity contribution in [3.8, 4) is 23.0 Å². The molecule has 1 saturated heterocycles. The van der Waals surface area contributed by atoms with Crippen LogP contribution in [0.25, 0.3) is 6.08 Å². The number of nitrogens with one attached hydrogen (secondary N) is 1. The molecule has 0 spiro atoms. The van der Waals surface area contributed by atoms with Crippen LogP contribution in [0, 0.1) is 6.92 Å². The van der Waals surface area contributed by atoms with Crippen LogP contribution in [0.4, 0.5) is 0 Å². The monoisotopic (exact) mass is 454 g/mol. The number of aryl methyl sites for hydroxylation is 1. The normalized spacial score (nSPS) is 17.8. The number of benzene rings is 2. The van der Waals surface area contributed by atoms with E-state index in [1.807, 2.05) is 6.07 Å². The summed E-state index contributed by atoms with van der Waals surface area (Å²) in [7, 11) is 3.12. The SMILES string of the molecule is COc1ccc(/C=C2\Oc3c(C[NH+]4CCN(CCO)CC4)c([O-])cc(C)c3C2=O)cc1OC. The van der Waals surface area contributed by atoms with Gasteiger partial charge in [-0.05, 0) is 36.3 Å². The first-order chi connectivity index (χ1) is 15.9. The van der Waals surface area contributed by atoms with Crippen molar-refractivity contribution in [3.63, 3.8) is 0 Å². The van der Waals surface area contributed by atoms with Gasteiger partial charge in [-0.3, -0.25) is 9.69 Å². The summed E-state index contributed by atoms with van der Waals surface area (Å²) in [6, 6.07) is 6.89. The van der Waals surface area contributed by atoms with Crippen molar-refractivity contribution in [1.82, 2.24) is 4.90 Å². The quantitative estimate of drug-likeness (QED) is 0.585. The molecule has 2 heterocycles. The van der Waals surface area contributed by atoms with Gasteiger partial charge in [0.25, 0.3) is 0 Å². The molecule has 0 saturated carbocycles. The molecule has 0 radical (unpaired) electrons. The molecule has 4 rings (SSSR count). The highest BCUT2D eigenvalue weighted by atomic mass is 16.5. The second-order valence-electron chi connectivity index (χ2n) is 8.42. The molecule has 8 nitrogen and oxygen atoms in total. The number of allylic oxidation sites excluding steroid dienone is 1. The minimum atomic E-state index is -0.221. The summed E-state index contributed by atoms with van der Waals surface area (Å²) in [5.41, 5.74) is 2.37. The maximum absolute atomic E-state index is 13.2. The van der Waals surface area contributed by atoms with Crippen LogP contribution in [0.5, 0.6) is 23.0 Å². The van der Waals surface area contributed by atoms with E-state index in [0.29, 0.717) is 47.0 Å². The average Bonchev–Trinajstić information content (AvgIpc) is 3.14. The molecule has 2 aromatic carbocycles. The lowest BCUT2D eigenvalue weighted by Crippen LogP contribution is -3.13. The smallest absolute Gasteiger partial charge is 0.232 e. The molecule has 1 fully saturated rings. The summed E-state index contributed by atoms with van der Waals surface area (Å²) in [4.78, 5) is 16.7. The van der Waals surface area contributed by atoms with Crippen LogP contribution in [0.15, 0.2) is 30.0 Å². The van der Waals surface area contributed by atoms with Crippen molar-refractivity contribution in [3.05, 3.63) is 52.3 Å². The molecule has 8 heteroatoms. The van der Waals surface area contributed by atoms with Gasteiger partial charge in [0.05, 0.1) is 39.5 Å². The van der Waals surface area contributed by atoms with Gasteiger partial charge >= 0.3 is 0 Å². The Kier molecular flexibility index (Phi) is 6.88. The van der Waals surface area contributed by atoms with Gasteiger partial charge in [0.2, 0.25) is 5.78 Å². The molecule has 176 valence electrons. The largest absolute Gasteiger partial charge is 0.872 e. The first-order valence-corrected chi connectivity index (χ1v) is 11.1. The second-order valence-corrected chi connectivity index (χ2v) is 8.42. The van der Waals surface area contributed by atoms with E-state index in [1.165, 1.54) is 11.0 Å². The number of ether oxygens (including phenoxy) is 3. The van der Waals surface area contributed by atoms with Crippen LogP contribution in [-0.2, 0) is 6.54 Å². The fourth-order valence-corrected chi connectivity index (χ4v) is 4.49. The molecular formula is C25H30N2O6. The summed E-state index contributed by atoms with van der Waals surface area (Å²) >= 11 is 0. The predicted molar refractivity (Wildman–Crippen MR) is 121 cm³/mol. The van der Waals surface area contributed by atoms with Crippen molar-refractivity contribution in [2.45, 2.75) is 13.5 Å². The number of carbonyl (C=O) groups excluding carboxylic acids is 1. The number of aliphatic hydroxyl groups is 1. The minimum Gasteiger partial charge on any atom is -0.872 e. The standard InChI is InChI=1S/C25H30N2O6/c1-16-12-19(29)18(15-27-8-6-26(7-9-27)10-11-28)25-23(16)24(30)22(33-25)14-17-4-5-20(31-2)21(13-17)32-3/h4-5,12-14,28-29H,6-11,15H2,1-3H3/b22-14-. The summed E-state index contributed by atoms with van der Waals surface area (Å²) in [6.45, 7) is 6.55. The third-order valence-corrected chi connectivity index (χ3v) is 6.31. The number of methoxy groups -OCH3 is 2. The number of β-amino-alcohol motifs (C(OH)–C–C–N with tert-alkyl or cyclic N) is 1. The molecule has 0 unspecified atom stereocenters. The molecule has 2 aliphatic heterocycles. The van der Waals surface area contributed by atoms with Crippen LogP contribution >= 0.6 is 0 Å². The third kappa shape index (κ3) is 4.68. The maximum Gasteiger partial charge on any atom is 0.232 e. The third-order valence-electron chi connectivity index (χ3n) is 6.31. The molecule has 0 bridgehead atoms. The van der Waals surface area contributed by atoms with Crippen LogP contribution in [0.1, 0.15) is 27.0 Å². The fourth-order valence-electron chi connectivity index (χ4n) is 4.49. The summed E-state index contributed by atoms with van der Waals surface area (Å²) < 4.78 is 16.7. The number of carbonyl (C=O) groups is 1. The van der Waals surface area contributed by atoms with Crippen LogP contribution < -0.4 is 24.2 Å². The number of quaternary nitrogens is 1. The van der Waals surface area contributed by atoms with E-state index in [2.05, 4.69) is 4.90 Å². The van der Waals surface area contributed by atoms with E-state index < -0.39 is 0 Å². The van der Waals surface area contributed by atoms with Gasteiger partial charge < -0.3 is 29.3 Å². The maximum atomic E-state index is 13.2. The van der Waals surface area contributed by atoms with Crippen molar-refractivity contribution in [2.75, 3.05) is 53.6 Å². The Hall–Kier alpha value is -3.07. The summed E-state index contributed by atoms with van der Waals surface area (Å²) in [6.07, 6.45) is 1.67. The van der Waals surface area contributed by atoms with Crippen LogP contribution in [0.2, 0.25) is 0 Å². The van der Waals surface area contributed by atoms with Crippen molar-refractivity contribution < 1.29 is 34.1 Å². The number of hydrogen-bond donors (Lipinski definition) is 2. The van der Waals surface area contributed by atoms with Gasteiger partial charge in [0, 0.05) is 25.2 Å². The first kappa shape index (κ1) is 23.1. The Morgan fingerprint density at radius 3 is 2.58 bits per heavy atom. The lowest BCUT2D eigenvalue weighted by Gasteiger charge is -2.32. The Morgan fingerprint density at radius 2 is 1.91 bits per heavy atom. The summed E-state index contributed by atoms with van der Waals surface area (Å²) in [5.74, 6) is 1.41. The van der Waals surface area contributed by atoms with E-state index in [0.717, 1.165) is 31.7 Å². The molecule has 2 aromatic rings. The number of hydrogen-bond acceptors (Lipinski definition) is 7. The van der Waals surface area contributed by atoms with Gasteiger partial charge in [-0.25, -0.2) is 0 Å². The van der Waals surface area contributed by atoms with Crippen LogP contribution in [-0.4, -0.2) is 69.3 Å². The lowest BCUT2D eigenvalue weighted by atomic mass is 9.99. The Bertz CT molecular complexity index is 1070. The highest BCUT2D eigenvalue weighted by Gasteiger charge is 2.33. The fraction of sp³-hybridized carbons (Fsp3) is 0.400. The molecular weight excluding hydrogens is 424 g/mol. The predicted octanol–water partition coefficient (Wildman–Crippen LogP) is 0.395. The number of rotatable bonds is 7. The van der Waals surface area contributed by atoms with Gasteiger partial charge in [-0.2, -0.15) is 0 Å². The Balaban J connectivity index is 1.60.